The number of aliphatic hydroxyl groups excluding tert-OH is 1. The van der Waals surface area contributed by atoms with Crippen molar-refractivity contribution < 1.29 is 13.9 Å². The van der Waals surface area contributed by atoms with Crippen molar-refractivity contribution in [2.75, 3.05) is 6.61 Å². The van der Waals surface area contributed by atoms with E-state index in [0.717, 1.165) is 11.3 Å². The van der Waals surface area contributed by atoms with Crippen LogP contribution in [0.1, 0.15) is 25.2 Å². The van der Waals surface area contributed by atoms with Gasteiger partial charge in [-0.15, -0.1) is 0 Å². The maximum absolute atomic E-state index is 9.53. The van der Waals surface area contributed by atoms with Gasteiger partial charge in [0.2, 0.25) is 0 Å². The fraction of sp³-hybridized carbons (Fsp3) is 0.429. The molecule has 0 radical (unpaired) electrons. The maximum Gasteiger partial charge on any atom is 0.117 e. The average Bonchev–Trinajstić information content (AvgIpc) is 3.01. The quantitative estimate of drug-likeness (QED) is 0.855. The summed E-state index contributed by atoms with van der Waals surface area (Å²) in [5.74, 6) is 0.889. The van der Waals surface area contributed by atoms with Crippen molar-refractivity contribution in [3.63, 3.8) is 0 Å². The molecule has 2 aromatic rings. The van der Waals surface area contributed by atoms with Crippen LogP contribution in [0, 0.1) is 0 Å². The van der Waals surface area contributed by atoms with E-state index >= 15 is 0 Å². The zero-order chi connectivity index (χ0) is 13.0. The molecule has 0 unspecified atom stereocenters. The Hall–Kier alpha value is -1.52. The predicted molar refractivity (Wildman–Crippen MR) is 67.8 cm³/mol. The molecule has 4 heteroatoms. The Kier molecular flexibility index (Phi) is 3.89. The number of hydrogen-bond donors (Lipinski definition) is 1. The minimum absolute atomic E-state index is 0.0888. The van der Waals surface area contributed by atoms with Crippen molar-refractivity contribution in [3.05, 3.63) is 48.3 Å². The number of furan rings is 2. The molecule has 98 valence electrons. The summed E-state index contributed by atoms with van der Waals surface area (Å²) in [5, 5.41) is 9.53. The van der Waals surface area contributed by atoms with Crippen molar-refractivity contribution >= 4 is 0 Å². The van der Waals surface area contributed by atoms with Crippen molar-refractivity contribution in [1.29, 1.82) is 0 Å². The minimum Gasteiger partial charge on any atom is -0.472 e. The van der Waals surface area contributed by atoms with E-state index in [0.29, 0.717) is 13.1 Å². The molecule has 0 saturated carbocycles. The van der Waals surface area contributed by atoms with Gasteiger partial charge in [-0.3, -0.25) is 4.90 Å². The van der Waals surface area contributed by atoms with E-state index in [4.69, 9.17) is 8.83 Å². The Labute approximate surface area is 107 Å². The zero-order valence-corrected chi connectivity index (χ0v) is 10.8. The van der Waals surface area contributed by atoms with E-state index < -0.39 is 0 Å². The van der Waals surface area contributed by atoms with Crippen LogP contribution < -0.4 is 0 Å². The normalized spacial score (nSPS) is 12.2. The van der Waals surface area contributed by atoms with Gasteiger partial charge in [-0.2, -0.15) is 0 Å². The van der Waals surface area contributed by atoms with Crippen LogP contribution in [0.3, 0.4) is 0 Å². The molecule has 0 amide bonds. The Bertz CT molecular complexity index is 409. The molecule has 2 aromatic heterocycles. The van der Waals surface area contributed by atoms with Crippen LogP contribution >= 0.6 is 0 Å². The topological polar surface area (TPSA) is 49.8 Å². The minimum atomic E-state index is -0.315. The third-order valence-electron chi connectivity index (χ3n) is 3.12. The third kappa shape index (κ3) is 3.03. The van der Waals surface area contributed by atoms with Gasteiger partial charge in [0.1, 0.15) is 5.76 Å². The summed E-state index contributed by atoms with van der Waals surface area (Å²) < 4.78 is 10.5. The van der Waals surface area contributed by atoms with Crippen LogP contribution in [0.2, 0.25) is 0 Å². The molecule has 1 N–H and O–H groups in total. The lowest BCUT2D eigenvalue weighted by atomic mass is 10.0. The van der Waals surface area contributed by atoms with Crippen LogP contribution in [0.15, 0.2) is 45.8 Å². The highest BCUT2D eigenvalue weighted by atomic mass is 16.3. The summed E-state index contributed by atoms with van der Waals surface area (Å²) in [6.07, 6.45) is 5.05. The monoisotopic (exact) mass is 249 g/mol. The molecule has 0 aliphatic rings. The first-order valence-corrected chi connectivity index (χ1v) is 6.01. The standard InChI is InChI=1S/C14H19NO3/c1-14(2,11-16)15(8-12-5-7-17-10-12)9-13-4-3-6-18-13/h3-7,10,16H,8-9,11H2,1-2H3. The van der Waals surface area contributed by atoms with Gasteiger partial charge in [0.15, 0.2) is 0 Å². The number of hydrogen-bond acceptors (Lipinski definition) is 4. The molecular weight excluding hydrogens is 230 g/mol. The van der Waals surface area contributed by atoms with Gasteiger partial charge in [-0.05, 0) is 32.0 Å². The highest BCUT2D eigenvalue weighted by molar-refractivity contribution is 5.07. The van der Waals surface area contributed by atoms with Gasteiger partial charge in [0, 0.05) is 17.6 Å². The van der Waals surface area contributed by atoms with Crippen LogP contribution in [-0.4, -0.2) is 22.2 Å². The number of nitrogens with zero attached hydrogens (tertiary/aromatic N) is 1. The molecule has 18 heavy (non-hydrogen) atoms. The summed E-state index contributed by atoms with van der Waals surface area (Å²) in [6, 6.07) is 5.75. The van der Waals surface area contributed by atoms with E-state index in [2.05, 4.69) is 4.90 Å². The molecular formula is C14H19NO3. The number of rotatable bonds is 6. The molecule has 0 aromatic carbocycles. The van der Waals surface area contributed by atoms with Crippen molar-refractivity contribution in [2.24, 2.45) is 0 Å². The molecule has 2 rings (SSSR count). The molecule has 0 aliphatic heterocycles. The highest BCUT2D eigenvalue weighted by Gasteiger charge is 2.27. The van der Waals surface area contributed by atoms with Crippen LogP contribution in [0.25, 0.3) is 0 Å². The number of aliphatic hydroxyl groups is 1. The van der Waals surface area contributed by atoms with Gasteiger partial charge in [-0.25, -0.2) is 0 Å². The molecule has 0 fully saturated rings. The van der Waals surface area contributed by atoms with E-state index in [9.17, 15) is 5.11 Å². The van der Waals surface area contributed by atoms with Gasteiger partial charge < -0.3 is 13.9 Å². The lowest BCUT2D eigenvalue weighted by molar-refractivity contribution is 0.0388. The first-order chi connectivity index (χ1) is 8.62. The summed E-state index contributed by atoms with van der Waals surface area (Å²) >= 11 is 0. The Morgan fingerprint density at radius 3 is 2.61 bits per heavy atom. The van der Waals surface area contributed by atoms with Crippen molar-refractivity contribution in [2.45, 2.75) is 32.5 Å². The van der Waals surface area contributed by atoms with E-state index in [-0.39, 0.29) is 12.1 Å². The zero-order valence-electron chi connectivity index (χ0n) is 10.8. The fourth-order valence-corrected chi connectivity index (χ4v) is 1.78. The van der Waals surface area contributed by atoms with Crippen molar-refractivity contribution in [1.82, 2.24) is 4.90 Å². The molecule has 0 bridgehead atoms. The fourth-order valence-electron chi connectivity index (χ4n) is 1.78. The molecule has 2 heterocycles. The lowest BCUT2D eigenvalue weighted by Gasteiger charge is -2.36. The molecule has 0 aliphatic carbocycles. The molecule has 0 spiro atoms. The van der Waals surface area contributed by atoms with E-state index in [1.54, 1.807) is 18.8 Å². The second-order valence-corrected chi connectivity index (χ2v) is 5.04. The van der Waals surface area contributed by atoms with Gasteiger partial charge in [0.25, 0.3) is 0 Å². The van der Waals surface area contributed by atoms with Crippen molar-refractivity contribution in [3.8, 4) is 0 Å². The molecule has 0 atom stereocenters. The predicted octanol–water partition coefficient (Wildman–Crippen LogP) is 2.65. The van der Waals surface area contributed by atoms with Crippen LogP contribution in [-0.2, 0) is 13.1 Å². The van der Waals surface area contributed by atoms with Crippen LogP contribution in [0.5, 0.6) is 0 Å². The average molecular weight is 249 g/mol. The second-order valence-electron chi connectivity index (χ2n) is 5.04. The third-order valence-corrected chi connectivity index (χ3v) is 3.12. The van der Waals surface area contributed by atoms with E-state index in [1.165, 1.54) is 0 Å². The SMILES string of the molecule is CC(C)(CO)N(Cc1ccoc1)Cc1ccco1. The first kappa shape index (κ1) is 12.9. The molecule has 0 saturated heterocycles. The van der Waals surface area contributed by atoms with Gasteiger partial charge in [-0.1, -0.05) is 0 Å². The Morgan fingerprint density at radius 2 is 2.06 bits per heavy atom. The first-order valence-electron chi connectivity index (χ1n) is 6.01. The summed E-state index contributed by atoms with van der Waals surface area (Å²) in [4.78, 5) is 2.16. The maximum atomic E-state index is 9.53. The highest BCUT2D eigenvalue weighted by Crippen LogP contribution is 2.21. The smallest absolute Gasteiger partial charge is 0.117 e. The summed E-state index contributed by atoms with van der Waals surface area (Å²) in [7, 11) is 0. The van der Waals surface area contributed by atoms with E-state index in [1.807, 2.05) is 32.0 Å². The lowest BCUT2D eigenvalue weighted by Crippen LogP contribution is -2.45. The largest absolute Gasteiger partial charge is 0.472 e. The molecule has 4 nitrogen and oxygen atoms in total. The van der Waals surface area contributed by atoms with Gasteiger partial charge in [0.05, 0.1) is 31.9 Å². The van der Waals surface area contributed by atoms with Crippen LogP contribution in [0.4, 0.5) is 0 Å². The Morgan fingerprint density at radius 1 is 1.22 bits per heavy atom. The summed E-state index contributed by atoms with van der Waals surface area (Å²) in [6.45, 7) is 5.48. The van der Waals surface area contributed by atoms with Gasteiger partial charge >= 0.3 is 0 Å². The Balaban J connectivity index is 2.12. The second kappa shape index (κ2) is 5.42. The summed E-state index contributed by atoms with van der Waals surface area (Å²) in [5.41, 5.74) is 0.771.